The second-order valence-corrected chi connectivity index (χ2v) is 5.62. The predicted octanol–water partition coefficient (Wildman–Crippen LogP) is 4.06. The normalized spacial score (nSPS) is 18.5. The molecule has 1 fully saturated rings. The van der Waals surface area contributed by atoms with Gasteiger partial charge in [-0.2, -0.15) is 0 Å². The van der Waals surface area contributed by atoms with Crippen molar-refractivity contribution in [3.8, 4) is 0 Å². The topological polar surface area (TPSA) is 35.0 Å². The second kappa shape index (κ2) is 5.54. The van der Waals surface area contributed by atoms with Crippen molar-refractivity contribution in [3.05, 3.63) is 22.7 Å². The molecule has 1 aliphatic rings. The number of halogens is 1. The van der Waals surface area contributed by atoms with Crippen LogP contribution in [0.4, 0.5) is 0 Å². The van der Waals surface area contributed by atoms with Gasteiger partial charge in [0.1, 0.15) is 10.8 Å². The minimum Gasteiger partial charge on any atom is -0.367 e. The third-order valence-electron chi connectivity index (χ3n) is 3.55. The van der Waals surface area contributed by atoms with Gasteiger partial charge in [0.2, 0.25) is 0 Å². The van der Waals surface area contributed by atoms with Gasteiger partial charge in [0.15, 0.2) is 5.82 Å². The van der Waals surface area contributed by atoms with E-state index in [1.54, 1.807) is 0 Å². The van der Waals surface area contributed by atoms with Crippen molar-refractivity contribution in [2.45, 2.75) is 58.0 Å². The van der Waals surface area contributed by atoms with Crippen LogP contribution in [0.15, 0.2) is 6.07 Å². The number of hydrogen-bond acceptors (Lipinski definition) is 3. The average molecular weight is 269 g/mol. The Hall–Kier alpha value is -0.670. The maximum atomic E-state index is 6.13. The first-order valence-corrected chi connectivity index (χ1v) is 7.14. The SMILES string of the molecule is CCOC1(c2nc(Cl)cc(C(C)C)n2)CCCC1. The van der Waals surface area contributed by atoms with E-state index in [9.17, 15) is 0 Å². The summed E-state index contributed by atoms with van der Waals surface area (Å²) in [7, 11) is 0. The van der Waals surface area contributed by atoms with E-state index in [1.165, 1.54) is 12.8 Å². The Morgan fingerprint density at radius 1 is 1.33 bits per heavy atom. The van der Waals surface area contributed by atoms with Crippen LogP contribution < -0.4 is 0 Å². The maximum absolute atomic E-state index is 6.13. The Bertz CT molecular complexity index is 414. The molecule has 0 amide bonds. The molecule has 1 heterocycles. The number of rotatable bonds is 4. The standard InChI is InChI=1S/C14H21ClN2O/c1-4-18-14(7-5-6-8-14)13-16-11(10(2)3)9-12(15)17-13/h9-10H,4-8H2,1-3H3. The van der Waals surface area contributed by atoms with Crippen molar-refractivity contribution >= 4 is 11.6 Å². The second-order valence-electron chi connectivity index (χ2n) is 5.23. The smallest absolute Gasteiger partial charge is 0.162 e. The van der Waals surface area contributed by atoms with Crippen LogP contribution in [-0.4, -0.2) is 16.6 Å². The highest BCUT2D eigenvalue weighted by Gasteiger charge is 2.39. The summed E-state index contributed by atoms with van der Waals surface area (Å²) in [6, 6.07) is 1.85. The van der Waals surface area contributed by atoms with E-state index in [0.717, 1.165) is 24.4 Å². The molecule has 0 spiro atoms. The molecule has 1 saturated carbocycles. The van der Waals surface area contributed by atoms with Gasteiger partial charge in [0.25, 0.3) is 0 Å². The number of hydrogen-bond donors (Lipinski definition) is 0. The van der Waals surface area contributed by atoms with Crippen molar-refractivity contribution in [1.29, 1.82) is 0 Å². The van der Waals surface area contributed by atoms with Gasteiger partial charge in [-0.25, -0.2) is 9.97 Å². The van der Waals surface area contributed by atoms with E-state index < -0.39 is 0 Å². The lowest BCUT2D eigenvalue weighted by molar-refractivity contribution is -0.0458. The van der Waals surface area contributed by atoms with Crippen molar-refractivity contribution in [1.82, 2.24) is 9.97 Å². The summed E-state index contributed by atoms with van der Waals surface area (Å²) in [5, 5.41) is 0.523. The molecule has 0 saturated heterocycles. The quantitative estimate of drug-likeness (QED) is 0.773. The number of aromatic nitrogens is 2. The summed E-state index contributed by atoms with van der Waals surface area (Å²) in [6.45, 7) is 6.94. The van der Waals surface area contributed by atoms with Crippen LogP contribution in [0.1, 0.15) is 63.9 Å². The molecule has 1 aromatic heterocycles. The minimum absolute atomic E-state index is 0.302. The molecule has 0 atom stereocenters. The fraction of sp³-hybridized carbons (Fsp3) is 0.714. The van der Waals surface area contributed by atoms with Crippen molar-refractivity contribution in [2.75, 3.05) is 6.61 Å². The first-order valence-electron chi connectivity index (χ1n) is 6.76. The van der Waals surface area contributed by atoms with Crippen LogP contribution in [0, 0.1) is 0 Å². The van der Waals surface area contributed by atoms with Crippen molar-refractivity contribution < 1.29 is 4.74 Å². The first-order chi connectivity index (χ1) is 8.57. The van der Waals surface area contributed by atoms with Gasteiger partial charge in [-0.15, -0.1) is 0 Å². The third kappa shape index (κ3) is 2.67. The summed E-state index contributed by atoms with van der Waals surface area (Å²) in [5.41, 5.74) is 0.694. The zero-order valence-electron chi connectivity index (χ0n) is 11.4. The molecule has 18 heavy (non-hydrogen) atoms. The number of ether oxygens (including phenoxy) is 1. The molecule has 0 unspecified atom stereocenters. The molecule has 0 bridgehead atoms. The predicted molar refractivity (Wildman–Crippen MR) is 72.9 cm³/mol. The highest BCUT2D eigenvalue weighted by Crippen LogP contribution is 2.41. The maximum Gasteiger partial charge on any atom is 0.162 e. The molecule has 2 rings (SSSR count). The lowest BCUT2D eigenvalue weighted by atomic mass is 10.00. The Morgan fingerprint density at radius 3 is 2.56 bits per heavy atom. The van der Waals surface area contributed by atoms with Gasteiger partial charge >= 0.3 is 0 Å². The van der Waals surface area contributed by atoms with Crippen LogP contribution in [0.25, 0.3) is 0 Å². The molecule has 4 heteroatoms. The largest absolute Gasteiger partial charge is 0.367 e. The molecule has 0 aromatic carbocycles. The van der Waals surface area contributed by atoms with Gasteiger partial charge in [0.05, 0.1) is 0 Å². The van der Waals surface area contributed by atoms with Gasteiger partial charge < -0.3 is 4.74 Å². The van der Waals surface area contributed by atoms with Crippen LogP contribution in [0.5, 0.6) is 0 Å². The van der Waals surface area contributed by atoms with Gasteiger partial charge in [-0.05, 0) is 44.6 Å². The zero-order valence-corrected chi connectivity index (χ0v) is 12.1. The summed E-state index contributed by atoms with van der Waals surface area (Å²) in [5.74, 6) is 1.13. The lowest BCUT2D eigenvalue weighted by Crippen LogP contribution is -2.29. The molecule has 100 valence electrons. The van der Waals surface area contributed by atoms with Crippen LogP contribution in [0.3, 0.4) is 0 Å². The summed E-state index contributed by atoms with van der Waals surface area (Å²) in [6.07, 6.45) is 4.34. The lowest BCUT2D eigenvalue weighted by Gasteiger charge is -2.27. The Kier molecular flexibility index (Phi) is 4.23. The minimum atomic E-state index is -0.302. The molecular weight excluding hydrogens is 248 g/mol. The first kappa shape index (κ1) is 13.8. The third-order valence-corrected chi connectivity index (χ3v) is 3.74. The Morgan fingerprint density at radius 2 is 2.00 bits per heavy atom. The molecule has 0 aliphatic heterocycles. The molecule has 1 aromatic rings. The highest BCUT2D eigenvalue weighted by atomic mass is 35.5. The molecule has 3 nitrogen and oxygen atoms in total. The van der Waals surface area contributed by atoms with Gasteiger partial charge in [-0.1, -0.05) is 25.4 Å². The van der Waals surface area contributed by atoms with E-state index in [2.05, 4.69) is 23.8 Å². The molecule has 0 radical (unpaired) electrons. The van der Waals surface area contributed by atoms with Crippen LogP contribution in [-0.2, 0) is 10.3 Å². The molecule has 0 N–H and O–H groups in total. The fourth-order valence-electron chi connectivity index (χ4n) is 2.59. The summed E-state index contributed by atoms with van der Waals surface area (Å²) in [4.78, 5) is 9.10. The van der Waals surface area contributed by atoms with E-state index in [-0.39, 0.29) is 5.60 Å². The zero-order chi connectivity index (χ0) is 13.2. The molecular formula is C14H21ClN2O. The molecule has 1 aliphatic carbocycles. The van der Waals surface area contributed by atoms with Crippen molar-refractivity contribution in [3.63, 3.8) is 0 Å². The summed E-state index contributed by atoms with van der Waals surface area (Å²) < 4.78 is 5.98. The Balaban J connectivity index is 2.41. The average Bonchev–Trinajstić information content (AvgIpc) is 2.78. The van der Waals surface area contributed by atoms with Crippen LogP contribution >= 0.6 is 11.6 Å². The van der Waals surface area contributed by atoms with E-state index in [1.807, 2.05) is 13.0 Å². The van der Waals surface area contributed by atoms with Crippen molar-refractivity contribution in [2.24, 2.45) is 0 Å². The fourth-order valence-corrected chi connectivity index (χ4v) is 2.78. The van der Waals surface area contributed by atoms with Gasteiger partial charge in [-0.3, -0.25) is 0 Å². The highest BCUT2D eigenvalue weighted by molar-refractivity contribution is 6.29. The summed E-state index contributed by atoms with van der Waals surface area (Å²) >= 11 is 6.13. The van der Waals surface area contributed by atoms with Gasteiger partial charge in [0, 0.05) is 12.3 Å². The Labute approximate surface area is 114 Å². The van der Waals surface area contributed by atoms with Crippen LogP contribution in [0.2, 0.25) is 5.15 Å². The van der Waals surface area contributed by atoms with E-state index in [0.29, 0.717) is 17.7 Å². The monoisotopic (exact) mass is 268 g/mol. The number of nitrogens with zero attached hydrogens (tertiary/aromatic N) is 2. The van der Waals surface area contributed by atoms with E-state index >= 15 is 0 Å². The van der Waals surface area contributed by atoms with E-state index in [4.69, 9.17) is 16.3 Å².